The van der Waals surface area contributed by atoms with E-state index in [1.807, 2.05) is 13.0 Å². The first-order valence-electron chi connectivity index (χ1n) is 8.03. The maximum atomic E-state index is 12.9. The van der Waals surface area contributed by atoms with Gasteiger partial charge in [0.1, 0.15) is 5.70 Å². The third kappa shape index (κ3) is 3.74. The summed E-state index contributed by atoms with van der Waals surface area (Å²) >= 11 is 18.3. The van der Waals surface area contributed by atoms with E-state index in [1.165, 1.54) is 12.1 Å². The number of rotatable bonds is 5. The summed E-state index contributed by atoms with van der Waals surface area (Å²) in [4.78, 5) is 26.9. The number of carbonyl (C=O) groups excluding carboxylic acids is 2. The van der Waals surface area contributed by atoms with Crippen molar-refractivity contribution >= 4 is 57.9 Å². The molecule has 0 saturated carbocycles. The van der Waals surface area contributed by atoms with Gasteiger partial charge in [-0.3, -0.25) is 14.5 Å². The molecule has 0 atom stereocenters. The predicted octanol–water partition coefficient (Wildman–Crippen LogP) is 5.33. The number of hydrogen-bond acceptors (Lipinski definition) is 3. The van der Waals surface area contributed by atoms with Crippen LogP contribution in [0.1, 0.15) is 11.1 Å². The minimum Gasteiger partial charge on any atom is -0.350 e. The number of benzene rings is 2. The van der Waals surface area contributed by atoms with Crippen molar-refractivity contribution in [1.29, 1.82) is 0 Å². The summed E-state index contributed by atoms with van der Waals surface area (Å²) in [5.74, 6) is -0.911. The van der Waals surface area contributed by atoms with Crippen LogP contribution in [0.2, 0.25) is 15.1 Å². The summed E-state index contributed by atoms with van der Waals surface area (Å²) in [6.07, 6.45) is 1.49. The summed E-state index contributed by atoms with van der Waals surface area (Å²) in [6, 6.07) is 10.0. The second-order valence-electron chi connectivity index (χ2n) is 5.97. The summed E-state index contributed by atoms with van der Waals surface area (Å²) < 4.78 is 0. The zero-order chi connectivity index (χ0) is 19.7. The highest BCUT2D eigenvalue weighted by molar-refractivity contribution is 6.41. The van der Waals surface area contributed by atoms with Gasteiger partial charge in [-0.2, -0.15) is 0 Å². The molecule has 1 heterocycles. The van der Waals surface area contributed by atoms with Crippen LogP contribution in [-0.4, -0.2) is 23.3 Å². The molecule has 0 fully saturated rings. The molecule has 2 aromatic rings. The molecule has 0 bridgehead atoms. The maximum absolute atomic E-state index is 12.9. The lowest BCUT2D eigenvalue weighted by molar-refractivity contribution is -0.136. The Balaban J connectivity index is 2.17. The summed E-state index contributed by atoms with van der Waals surface area (Å²) in [5.41, 5.74) is 2.24. The average Bonchev–Trinajstić information content (AvgIpc) is 2.83. The number of nitrogens with one attached hydrogen (secondary N) is 1. The van der Waals surface area contributed by atoms with E-state index in [-0.39, 0.29) is 22.8 Å². The molecule has 1 aliphatic rings. The van der Waals surface area contributed by atoms with E-state index in [2.05, 4.69) is 11.9 Å². The Morgan fingerprint density at radius 1 is 1.04 bits per heavy atom. The smallest absolute Gasteiger partial charge is 0.278 e. The van der Waals surface area contributed by atoms with Gasteiger partial charge in [-0.1, -0.05) is 53.0 Å². The van der Waals surface area contributed by atoms with Crippen LogP contribution in [0.25, 0.3) is 5.57 Å². The molecular weight excluding hydrogens is 407 g/mol. The van der Waals surface area contributed by atoms with Crippen LogP contribution in [0.4, 0.5) is 5.69 Å². The molecule has 7 heteroatoms. The lowest BCUT2D eigenvalue weighted by atomic mass is 10.0. The maximum Gasteiger partial charge on any atom is 0.278 e. The minimum absolute atomic E-state index is 0.0894. The van der Waals surface area contributed by atoms with Gasteiger partial charge < -0.3 is 5.32 Å². The molecule has 2 amide bonds. The van der Waals surface area contributed by atoms with Crippen molar-refractivity contribution in [3.05, 3.63) is 80.9 Å². The molecule has 4 nitrogen and oxygen atoms in total. The zero-order valence-corrected chi connectivity index (χ0v) is 16.6. The largest absolute Gasteiger partial charge is 0.350 e. The van der Waals surface area contributed by atoms with Crippen molar-refractivity contribution < 1.29 is 9.59 Å². The third-order valence-electron chi connectivity index (χ3n) is 4.14. The van der Waals surface area contributed by atoms with Gasteiger partial charge in [-0.05, 0) is 36.8 Å². The molecule has 0 aliphatic carbocycles. The Morgan fingerprint density at radius 2 is 1.70 bits per heavy atom. The third-order valence-corrected chi connectivity index (χ3v) is 4.92. The Morgan fingerprint density at radius 3 is 2.37 bits per heavy atom. The first-order chi connectivity index (χ1) is 12.8. The van der Waals surface area contributed by atoms with E-state index in [9.17, 15) is 9.59 Å². The highest BCUT2D eigenvalue weighted by atomic mass is 35.5. The van der Waals surface area contributed by atoms with E-state index in [0.29, 0.717) is 21.3 Å². The van der Waals surface area contributed by atoms with Crippen molar-refractivity contribution in [2.45, 2.75) is 6.92 Å². The predicted molar refractivity (Wildman–Crippen MR) is 110 cm³/mol. The molecule has 0 saturated heterocycles. The van der Waals surface area contributed by atoms with Crippen molar-refractivity contribution in [2.24, 2.45) is 0 Å². The summed E-state index contributed by atoms with van der Waals surface area (Å²) in [7, 11) is 0. The molecule has 0 unspecified atom stereocenters. The first-order valence-corrected chi connectivity index (χ1v) is 9.17. The Hall–Kier alpha value is -2.27. The van der Waals surface area contributed by atoms with Gasteiger partial charge in [0.25, 0.3) is 11.8 Å². The number of imide groups is 1. The lowest BCUT2D eigenvalue weighted by Crippen LogP contribution is -2.32. The second kappa shape index (κ2) is 7.77. The van der Waals surface area contributed by atoms with Crippen LogP contribution in [0, 0.1) is 6.92 Å². The standard InChI is InChI=1S/C20H15Cl3N2O2/c1-3-8-25-19(26)17(14-7-6-12(21)9-15(14)23)18(20(25)27)24-16-10-13(22)5-4-11(16)2/h3-7,9-10,24H,1,8H2,2H3. The van der Waals surface area contributed by atoms with Crippen LogP contribution in [-0.2, 0) is 9.59 Å². The molecule has 1 N–H and O–H groups in total. The van der Waals surface area contributed by atoms with Crippen molar-refractivity contribution in [3.8, 4) is 0 Å². The van der Waals surface area contributed by atoms with E-state index in [4.69, 9.17) is 34.8 Å². The number of hydrogen-bond donors (Lipinski definition) is 1. The van der Waals surface area contributed by atoms with Crippen LogP contribution in [0.15, 0.2) is 54.8 Å². The molecular formula is C20H15Cl3N2O2. The molecule has 3 rings (SSSR count). The van der Waals surface area contributed by atoms with E-state index in [0.717, 1.165) is 10.5 Å². The number of aryl methyl sites for hydroxylation is 1. The van der Waals surface area contributed by atoms with Gasteiger partial charge in [0, 0.05) is 27.8 Å². The van der Waals surface area contributed by atoms with Crippen molar-refractivity contribution in [2.75, 3.05) is 11.9 Å². The summed E-state index contributed by atoms with van der Waals surface area (Å²) in [6.45, 7) is 5.57. The average molecular weight is 422 g/mol. The molecule has 2 aromatic carbocycles. The summed E-state index contributed by atoms with van der Waals surface area (Å²) in [5, 5.41) is 4.29. The van der Waals surface area contributed by atoms with E-state index in [1.54, 1.807) is 24.3 Å². The molecule has 138 valence electrons. The quantitative estimate of drug-likeness (QED) is 0.524. The monoisotopic (exact) mass is 420 g/mol. The molecule has 27 heavy (non-hydrogen) atoms. The molecule has 0 radical (unpaired) electrons. The highest BCUT2D eigenvalue weighted by Crippen LogP contribution is 2.36. The van der Waals surface area contributed by atoms with Crippen molar-refractivity contribution in [1.82, 2.24) is 4.90 Å². The first kappa shape index (κ1) is 19.5. The molecule has 0 spiro atoms. The number of amides is 2. The molecule has 0 aromatic heterocycles. The number of nitrogens with zero attached hydrogens (tertiary/aromatic N) is 1. The van der Waals surface area contributed by atoms with Crippen LogP contribution in [0.5, 0.6) is 0 Å². The van der Waals surface area contributed by atoms with Gasteiger partial charge in [0.15, 0.2) is 0 Å². The van der Waals surface area contributed by atoms with Crippen molar-refractivity contribution in [3.63, 3.8) is 0 Å². The van der Waals surface area contributed by atoms with Gasteiger partial charge >= 0.3 is 0 Å². The minimum atomic E-state index is -0.458. The fourth-order valence-corrected chi connectivity index (χ4v) is 3.47. The lowest BCUT2D eigenvalue weighted by Gasteiger charge is -2.13. The number of carbonyl (C=O) groups is 2. The van der Waals surface area contributed by atoms with Gasteiger partial charge in [-0.15, -0.1) is 6.58 Å². The SMILES string of the molecule is C=CCN1C(=O)C(Nc2cc(Cl)ccc2C)=C(c2ccc(Cl)cc2Cl)C1=O. The Labute approximate surface area is 172 Å². The Kier molecular flexibility index (Phi) is 5.61. The zero-order valence-electron chi connectivity index (χ0n) is 14.4. The second-order valence-corrected chi connectivity index (χ2v) is 7.25. The van der Waals surface area contributed by atoms with Crippen LogP contribution in [0.3, 0.4) is 0 Å². The fraction of sp³-hybridized carbons (Fsp3) is 0.100. The van der Waals surface area contributed by atoms with Crippen LogP contribution >= 0.6 is 34.8 Å². The van der Waals surface area contributed by atoms with Crippen LogP contribution < -0.4 is 5.32 Å². The Bertz CT molecular complexity index is 999. The van der Waals surface area contributed by atoms with Gasteiger partial charge in [-0.25, -0.2) is 0 Å². The number of anilines is 1. The van der Waals surface area contributed by atoms with E-state index < -0.39 is 11.8 Å². The van der Waals surface area contributed by atoms with Gasteiger partial charge in [0.05, 0.1) is 10.6 Å². The highest BCUT2D eigenvalue weighted by Gasteiger charge is 2.39. The normalized spacial score (nSPS) is 14.1. The van der Waals surface area contributed by atoms with Gasteiger partial charge in [0.2, 0.25) is 0 Å². The topological polar surface area (TPSA) is 49.4 Å². The molecule has 1 aliphatic heterocycles. The fourth-order valence-electron chi connectivity index (χ4n) is 2.79. The van der Waals surface area contributed by atoms with E-state index >= 15 is 0 Å². The number of halogens is 3.